The molecule has 7 heteroatoms. The first kappa shape index (κ1) is 11.0. The van der Waals surface area contributed by atoms with Gasteiger partial charge in [-0.1, -0.05) is 0 Å². The molecular weight excluding hydrogens is 255 g/mol. The van der Waals surface area contributed by atoms with Crippen LogP contribution in [0.1, 0.15) is 0 Å². The van der Waals surface area contributed by atoms with E-state index in [9.17, 15) is 4.53 Å². The van der Waals surface area contributed by atoms with Crippen molar-refractivity contribution >= 4 is 10.4 Å². The fourth-order valence-corrected chi connectivity index (χ4v) is 0. The van der Waals surface area contributed by atoms with Gasteiger partial charge in [-0.3, -0.25) is 4.55 Å². The third kappa shape index (κ3) is 11.0. The molecule has 0 atom stereocenters. The van der Waals surface area contributed by atoms with Crippen molar-refractivity contribution in [1.29, 1.82) is 0 Å². The molecule has 0 aliphatic rings. The maximum atomic E-state index is 10.2. The Bertz CT molecular complexity index is 114. The molecule has 0 aliphatic heterocycles. The van der Waals surface area contributed by atoms with Crippen molar-refractivity contribution in [3.05, 3.63) is 0 Å². The van der Waals surface area contributed by atoms with Crippen LogP contribution in [0.15, 0.2) is 0 Å². The van der Waals surface area contributed by atoms with E-state index in [0.717, 1.165) is 0 Å². The summed E-state index contributed by atoms with van der Waals surface area (Å²) in [6.07, 6.45) is 0. The van der Waals surface area contributed by atoms with Crippen molar-refractivity contribution < 1.29 is 63.6 Å². The molecule has 0 rings (SSSR count). The first-order valence-electron chi connectivity index (χ1n) is 0.837. The van der Waals surface area contributed by atoms with Gasteiger partial charge >= 0.3 is 10.4 Å². The van der Waals surface area contributed by atoms with Gasteiger partial charge in [-0.25, -0.2) is 0 Å². The Hall–Kier alpha value is 1.18. The van der Waals surface area contributed by atoms with Crippen molar-refractivity contribution in [2.24, 2.45) is 0 Å². The van der Waals surface area contributed by atoms with Gasteiger partial charge in [-0.05, 0) is 8.91 Å². The van der Waals surface area contributed by atoms with E-state index in [2.05, 4.69) is 0 Å². The monoisotopic (exact) mass is 256 g/mol. The average molecular weight is 256 g/mol. The second-order valence-corrected chi connectivity index (χ2v) is 1.47. The molecule has 0 amide bonds. The zero-order valence-electron chi connectivity index (χ0n) is 2.96. The maximum Gasteiger partial charge on any atom is 0.428 e. The summed E-state index contributed by atoms with van der Waals surface area (Å²) in [5.41, 5.74) is 0. The van der Waals surface area contributed by atoms with Gasteiger partial charge in [0.1, 0.15) is 0 Å². The predicted octanol–water partition coefficient (Wildman–Crippen LogP) is -0.310. The molecule has 0 aromatic carbocycles. The van der Waals surface area contributed by atoms with E-state index in [0.29, 0.717) is 0 Å². The molecule has 42 valence electrons. The Balaban J connectivity index is 0. The third-order valence-electron chi connectivity index (χ3n) is 0.0796. The fraction of sp³-hybridized carbons (Fsp3) is 0. The molecule has 0 aliphatic carbocycles. The molecule has 1 N–H and O–H groups in total. The molecule has 0 aromatic heterocycles. The topological polar surface area (TPSA) is 63.6 Å². The Morgan fingerprint density at radius 3 is 1.71 bits per heavy atom. The van der Waals surface area contributed by atoms with Crippen LogP contribution in [-0.2, 0) is 14.8 Å². The van der Waals surface area contributed by atoms with Crippen molar-refractivity contribution in [3.8, 4) is 0 Å². The summed E-state index contributed by atoms with van der Waals surface area (Å²) in [4.78, 5) is 0. The van der Waals surface area contributed by atoms with Gasteiger partial charge in [-0.15, -0.1) is 0 Å². The molecule has 0 saturated carbocycles. The molecule has 0 bridgehead atoms. The molecule has 7 heavy (non-hydrogen) atoms. The van der Waals surface area contributed by atoms with Gasteiger partial charge in [0.15, 0.2) is 0 Å². The largest absolute Gasteiger partial charge is 0.428 e. The van der Waals surface area contributed by atoms with Crippen LogP contribution in [0.25, 0.3) is 0 Å². The minimum atomic E-state index is -4.83. The van der Waals surface area contributed by atoms with E-state index in [1.165, 1.54) is 0 Å². The SMILES string of the molecule is O=S(=O)(O)OF.[Ce]. The molecule has 0 spiro atoms. The van der Waals surface area contributed by atoms with Crippen LogP contribution < -0.4 is 0 Å². The summed E-state index contributed by atoms with van der Waals surface area (Å²) < 4.78 is 37.2. The number of rotatable bonds is 1. The summed E-state index contributed by atoms with van der Waals surface area (Å²) in [5.74, 6) is 0. The number of halogens is 1. The van der Waals surface area contributed by atoms with Crippen molar-refractivity contribution in [3.63, 3.8) is 0 Å². The molecule has 0 fully saturated rings. The van der Waals surface area contributed by atoms with Gasteiger partial charge < -0.3 is 0 Å². The Morgan fingerprint density at radius 1 is 1.57 bits per heavy atom. The molecule has 4 nitrogen and oxygen atoms in total. The second kappa shape index (κ2) is 4.10. The zero-order chi connectivity index (χ0) is 5.21. The summed E-state index contributed by atoms with van der Waals surface area (Å²) in [6, 6.07) is 0. The van der Waals surface area contributed by atoms with E-state index in [1.54, 1.807) is 0 Å². The maximum absolute atomic E-state index is 10.2. The Kier molecular flexibility index (Phi) is 6.46. The van der Waals surface area contributed by atoms with Crippen molar-refractivity contribution in [1.82, 2.24) is 0 Å². The minimum absolute atomic E-state index is 0. The van der Waals surface area contributed by atoms with Crippen molar-refractivity contribution in [2.45, 2.75) is 0 Å². The summed E-state index contributed by atoms with van der Waals surface area (Å²) in [6.45, 7) is 0. The van der Waals surface area contributed by atoms with E-state index in [1.807, 2.05) is 4.39 Å². The predicted molar refractivity (Wildman–Crippen MR) is 13.7 cm³/mol. The van der Waals surface area contributed by atoms with E-state index >= 15 is 0 Å². The molecule has 0 unspecified atom stereocenters. The quantitative estimate of drug-likeness (QED) is 0.654. The summed E-state index contributed by atoms with van der Waals surface area (Å²) in [7, 11) is -4.83. The van der Waals surface area contributed by atoms with Crippen LogP contribution in [0, 0.1) is 41.7 Å². The van der Waals surface area contributed by atoms with Gasteiger partial charge in [0.05, 0.1) is 0 Å². The summed E-state index contributed by atoms with van der Waals surface area (Å²) in [5, 5.41) is 0. The van der Waals surface area contributed by atoms with E-state index < -0.39 is 10.4 Å². The molecule has 0 aromatic rings. The van der Waals surface area contributed by atoms with Gasteiger partial charge in [0, 0.05) is 41.7 Å². The summed E-state index contributed by atoms with van der Waals surface area (Å²) >= 11 is 0. The number of hydrogen-bond acceptors (Lipinski definition) is 3. The van der Waals surface area contributed by atoms with Gasteiger partial charge in [-0.2, -0.15) is 8.42 Å². The van der Waals surface area contributed by atoms with Crippen LogP contribution >= 0.6 is 0 Å². The molecule has 0 radical (unpaired) electrons. The number of hydrogen-bond donors (Lipinski definition) is 1. The molecular formula is HCeFO4S. The van der Waals surface area contributed by atoms with Crippen molar-refractivity contribution in [2.75, 3.05) is 0 Å². The Labute approximate surface area is 73.3 Å². The van der Waals surface area contributed by atoms with Gasteiger partial charge in [0.2, 0.25) is 0 Å². The van der Waals surface area contributed by atoms with Crippen LogP contribution in [0.2, 0.25) is 0 Å². The fourth-order valence-electron chi connectivity index (χ4n) is 0. The average Bonchev–Trinajstić information content (AvgIpc) is 1.35. The van der Waals surface area contributed by atoms with Crippen LogP contribution in [0.5, 0.6) is 0 Å². The second-order valence-electron chi connectivity index (χ2n) is 0.491. The smallest absolute Gasteiger partial charge is 0.262 e. The first-order chi connectivity index (χ1) is 2.56. The third-order valence-corrected chi connectivity index (χ3v) is 0.239. The van der Waals surface area contributed by atoms with Crippen LogP contribution in [-0.4, -0.2) is 13.0 Å². The van der Waals surface area contributed by atoms with E-state index in [-0.39, 0.29) is 41.7 Å². The Morgan fingerprint density at radius 2 is 1.71 bits per heavy atom. The molecule has 0 saturated heterocycles. The van der Waals surface area contributed by atoms with Crippen LogP contribution in [0.4, 0.5) is 4.53 Å². The minimum Gasteiger partial charge on any atom is -0.262 e. The normalized spacial score (nSPS) is 10.0. The first-order valence-corrected chi connectivity index (χ1v) is 2.20. The molecule has 0 heterocycles. The van der Waals surface area contributed by atoms with Crippen LogP contribution in [0.3, 0.4) is 0 Å². The van der Waals surface area contributed by atoms with E-state index in [4.69, 9.17) is 13.0 Å². The standard InChI is InChI=1S/Ce.FHO4S/c;1-5-6(2,3)4/h;(H,2,3,4). The zero-order valence-corrected chi connectivity index (χ0v) is 6.91. The van der Waals surface area contributed by atoms with Gasteiger partial charge in [0.25, 0.3) is 0 Å².